The van der Waals surface area contributed by atoms with Gasteiger partial charge in [-0.25, -0.2) is 8.42 Å². The van der Waals surface area contributed by atoms with Crippen molar-refractivity contribution in [1.82, 2.24) is 9.21 Å². The van der Waals surface area contributed by atoms with Gasteiger partial charge in [0.1, 0.15) is 0 Å². The number of thioether (sulfide) groups is 1. The van der Waals surface area contributed by atoms with Crippen LogP contribution < -0.4 is 0 Å². The molecule has 1 aliphatic heterocycles. The van der Waals surface area contributed by atoms with Gasteiger partial charge < -0.3 is 9.32 Å². The van der Waals surface area contributed by atoms with Crippen molar-refractivity contribution < 1.29 is 17.6 Å². The van der Waals surface area contributed by atoms with Crippen LogP contribution in [0.1, 0.15) is 10.6 Å². The van der Waals surface area contributed by atoms with Crippen LogP contribution in [0, 0.1) is 0 Å². The molecule has 6 nitrogen and oxygen atoms in total. The minimum Gasteiger partial charge on any atom is -0.445 e. The van der Waals surface area contributed by atoms with Crippen molar-refractivity contribution in [1.29, 1.82) is 0 Å². The van der Waals surface area contributed by atoms with E-state index in [0.29, 0.717) is 22.7 Å². The third-order valence-electron chi connectivity index (χ3n) is 3.97. The quantitative estimate of drug-likeness (QED) is 0.677. The van der Waals surface area contributed by atoms with E-state index >= 15 is 0 Å². The van der Waals surface area contributed by atoms with Crippen LogP contribution >= 0.6 is 27.7 Å². The topological polar surface area (TPSA) is 70.8 Å². The maximum absolute atomic E-state index is 12.8. The maximum Gasteiger partial charge on any atom is 0.289 e. The number of carbonyl (C=O) groups is 1. The largest absolute Gasteiger partial charge is 0.445 e. The molecule has 9 heteroatoms. The highest BCUT2D eigenvalue weighted by Crippen LogP contribution is 2.26. The fourth-order valence-electron chi connectivity index (χ4n) is 2.63. The Labute approximate surface area is 159 Å². The number of amides is 1. The lowest BCUT2D eigenvalue weighted by Gasteiger charge is -2.33. The molecule has 0 N–H and O–H groups in total. The van der Waals surface area contributed by atoms with Crippen molar-refractivity contribution in [2.45, 2.75) is 9.99 Å². The highest BCUT2D eigenvalue weighted by atomic mass is 79.9. The van der Waals surface area contributed by atoms with E-state index in [2.05, 4.69) is 15.9 Å². The molecule has 0 aliphatic carbocycles. The van der Waals surface area contributed by atoms with Crippen molar-refractivity contribution in [2.24, 2.45) is 0 Å². The molecule has 2 heterocycles. The molecule has 0 radical (unpaired) electrons. The molecule has 0 saturated carbocycles. The fourth-order valence-corrected chi connectivity index (χ4v) is 5.39. The van der Waals surface area contributed by atoms with Crippen LogP contribution in [-0.4, -0.2) is 56.0 Å². The van der Waals surface area contributed by atoms with Crippen LogP contribution in [0.4, 0.5) is 0 Å². The number of carbonyl (C=O) groups excluding carboxylic acids is 1. The molecule has 134 valence electrons. The van der Waals surface area contributed by atoms with Gasteiger partial charge in [-0.1, -0.05) is 23.9 Å². The van der Waals surface area contributed by atoms with Gasteiger partial charge >= 0.3 is 0 Å². The number of rotatable bonds is 4. The molecule has 0 bridgehead atoms. The highest BCUT2D eigenvalue weighted by Gasteiger charge is 2.32. The first-order chi connectivity index (χ1) is 11.9. The summed E-state index contributed by atoms with van der Waals surface area (Å²) in [6.07, 6.45) is 1.87. The molecule has 0 spiro atoms. The van der Waals surface area contributed by atoms with E-state index in [9.17, 15) is 13.2 Å². The predicted molar refractivity (Wildman–Crippen MR) is 99.3 cm³/mol. The first-order valence-corrected chi connectivity index (χ1v) is 11.1. The smallest absolute Gasteiger partial charge is 0.289 e. The van der Waals surface area contributed by atoms with Gasteiger partial charge in [0.25, 0.3) is 5.91 Å². The molecule has 1 aliphatic rings. The number of hydrogen-bond donors (Lipinski definition) is 0. The van der Waals surface area contributed by atoms with Crippen LogP contribution in [0.25, 0.3) is 0 Å². The third-order valence-corrected chi connectivity index (χ3v) is 7.51. The highest BCUT2D eigenvalue weighted by molar-refractivity contribution is 9.10. The van der Waals surface area contributed by atoms with Crippen LogP contribution in [-0.2, 0) is 10.0 Å². The first kappa shape index (κ1) is 18.5. The lowest BCUT2D eigenvalue weighted by atomic mass is 10.3. The van der Waals surface area contributed by atoms with Gasteiger partial charge in [-0.3, -0.25) is 4.79 Å². The summed E-state index contributed by atoms with van der Waals surface area (Å²) in [6.45, 7) is 1.17. The van der Waals surface area contributed by atoms with Crippen LogP contribution in [0.3, 0.4) is 0 Å². The van der Waals surface area contributed by atoms with E-state index < -0.39 is 10.0 Å². The Morgan fingerprint density at radius 2 is 1.80 bits per heavy atom. The second kappa shape index (κ2) is 7.53. The van der Waals surface area contributed by atoms with Crippen molar-refractivity contribution in [3.63, 3.8) is 0 Å². The Kier molecular flexibility index (Phi) is 5.57. The van der Waals surface area contributed by atoms with Crippen molar-refractivity contribution in [2.75, 3.05) is 32.4 Å². The number of nitrogens with zero attached hydrogens (tertiary/aromatic N) is 2. The molecule has 1 aromatic carbocycles. The fraction of sp³-hybridized carbons (Fsp3) is 0.312. The molecule has 0 unspecified atom stereocenters. The SMILES string of the molecule is CSc1ccc(C(=O)N2CCN(S(=O)(=O)c3ccccc3Br)CC2)o1. The summed E-state index contributed by atoms with van der Waals surface area (Å²) in [5, 5.41) is 0.679. The number of benzene rings is 1. The Morgan fingerprint density at radius 3 is 2.40 bits per heavy atom. The number of halogens is 1. The number of sulfonamides is 1. The van der Waals surface area contributed by atoms with Crippen LogP contribution in [0.15, 0.2) is 55.3 Å². The molecule has 1 amide bonds. The van der Waals surface area contributed by atoms with E-state index in [1.807, 2.05) is 6.26 Å². The van der Waals surface area contributed by atoms with E-state index in [4.69, 9.17) is 4.42 Å². The Morgan fingerprint density at radius 1 is 1.12 bits per heavy atom. The molecule has 3 rings (SSSR count). The van der Waals surface area contributed by atoms with Gasteiger partial charge in [0.15, 0.2) is 10.9 Å². The molecule has 2 aromatic rings. The normalized spacial score (nSPS) is 16.2. The summed E-state index contributed by atoms with van der Waals surface area (Å²) in [5.74, 6) is 0.0738. The monoisotopic (exact) mass is 444 g/mol. The summed E-state index contributed by atoms with van der Waals surface area (Å²) < 4.78 is 32.9. The molecule has 1 aromatic heterocycles. The van der Waals surface area contributed by atoms with Gasteiger partial charge in [0, 0.05) is 30.7 Å². The minimum atomic E-state index is -3.58. The summed E-state index contributed by atoms with van der Waals surface area (Å²) in [4.78, 5) is 14.3. The molecule has 1 fully saturated rings. The van der Waals surface area contributed by atoms with E-state index in [-0.39, 0.29) is 29.7 Å². The molecule has 25 heavy (non-hydrogen) atoms. The minimum absolute atomic E-state index is 0.210. The second-order valence-electron chi connectivity index (χ2n) is 5.45. The zero-order valence-corrected chi connectivity index (χ0v) is 16.7. The Bertz CT molecular complexity index is 874. The molecular formula is C16H17BrN2O4S2. The lowest BCUT2D eigenvalue weighted by molar-refractivity contribution is 0.0660. The number of furan rings is 1. The summed E-state index contributed by atoms with van der Waals surface area (Å²) in [7, 11) is -3.58. The third kappa shape index (κ3) is 3.79. The van der Waals surface area contributed by atoms with Crippen LogP contribution in [0.5, 0.6) is 0 Å². The standard InChI is InChI=1S/C16H17BrN2O4S2/c1-24-15-7-6-13(23-15)16(20)18-8-10-19(11-9-18)25(21,22)14-5-3-2-4-12(14)17/h2-7H,8-11H2,1H3. The second-order valence-corrected chi connectivity index (χ2v) is 9.02. The Balaban J connectivity index is 1.69. The van der Waals surface area contributed by atoms with Crippen LogP contribution in [0.2, 0.25) is 0 Å². The van der Waals surface area contributed by atoms with Crippen molar-refractivity contribution in [3.8, 4) is 0 Å². The first-order valence-electron chi connectivity index (χ1n) is 7.61. The van der Waals surface area contributed by atoms with Crippen molar-refractivity contribution >= 4 is 43.6 Å². The summed E-state index contributed by atoms with van der Waals surface area (Å²) in [5.41, 5.74) is 0. The molecular weight excluding hydrogens is 428 g/mol. The van der Waals surface area contributed by atoms with E-state index in [1.165, 1.54) is 16.1 Å². The van der Waals surface area contributed by atoms with Gasteiger partial charge in [-0.05, 0) is 46.5 Å². The van der Waals surface area contributed by atoms with E-state index in [1.54, 1.807) is 41.3 Å². The van der Waals surface area contributed by atoms with Gasteiger partial charge in [0.05, 0.1) is 4.90 Å². The van der Waals surface area contributed by atoms with Gasteiger partial charge in [-0.15, -0.1) is 0 Å². The van der Waals surface area contributed by atoms with E-state index in [0.717, 1.165) is 0 Å². The molecule has 1 saturated heterocycles. The lowest BCUT2D eigenvalue weighted by Crippen LogP contribution is -2.50. The Hall–Kier alpha value is -1.29. The zero-order valence-electron chi connectivity index (χ0n) is 13.5. The number of piperazine rings is 1. The summed E-state index contributed by atoms with van der Waals surface area (Å²) >= 11 is 4.72. The zero-order chi connectivity index (χ0) is 18.0. The summed E-state index contributed by atoms with van der Waals surface area (Å²) in [6, 6.07) is 10.1. The molecule has 0 atom stereocenters. The maximum atomic E-state index is 12.8. The van der Waals surface area contributed by atoms with Crippen molar-refractivity contribution in [3.05, 3.63) is 46.6 Å². The van der Waals surface area contributed by atoms with Gasteiger partial charge in [0.2, 0.25) is 10.0 Å². The average molecular weight is 445 g/mol. The predicted octanol–water partition coefficient (Wildman–Crippen LogP) is 2.91. The average Bonchev–Trinajstić information content (AvgIpc) is 3.10. The number of hydrogen-bond acceptors (Lipinski definition) is 5. The van der Waals surface area contributed by atoms with Gasteiger partial charge in [-0.2, -0.15) is 4.31 Å².